The van der Waals surface area contributed by atoms with Gasteiger partial charge in [0.25, 0.3) is 0 Å². The highest BCUT2D eigenvalue weighted by Crippen LogP contribution is 2.34. The molecule has 0 spiro atoms. The average Bonchev–Trinajstić information content (AvgIpc) is 2.50. The van der Waals surface area contributed by atoms with E-state index in [9.17, 15) is 4.79 Å². The third-order valence-electron chi connectivity index (χ3n) is 3.61. The van der Waals surface area contributed by atoms with Crippen LogP contribution >= 0.6 is 0 Å². The molecule has 2 aliphatic rings. The number of rotatable bonds is 3. The number of fused-ring (bicyclic) bond motifs is 2. The molecule has 5 heteroatoms. The quantitative estimate of drug-likeness (QED) is 0.635. The minimum absolute atomic E-state index is 0.0473. The van der Waals surface area contributed by atoms with Crippen LogP contribution in [0.5, 0.6) is 0 Å². The Morgan fingerprint density at radius 1 is 1.44 bits per heavy atom. The summed E-state index contributed by atoms with van der Waals surface area (Å²) in [7, 11) is 0. The number of hydrogen-bond acceptors (Lipinski definition) is 4. The second-order valence-corrected chi connectivity index (χ2v) is 4.72. The largest absolute Gasteiger partial charge is 0.342 e. The van der Waals surface area contributed by atoms with Gasteiger partial charge >= 0.3 is 0 Å². The minimum Gasteiger partial charge on any atom is -0.342 e. The summed E-state index contributed by atoms with van der Waals surface area (Å²) >= 11 is 0. The second kappa shape index (κ2) is 4.81. The number of amides is 1. The van der Waals surface area contributed by atoms with Crippen molar-refractivity contribution in [1.82, 2.24) is 10.2 Å². The lowest BCUT2D eigenvalue weighted by Gasteiger charge is -2.37. The summed E-state index contributed by atoms with van der Waals surface area (Å²) in [5.74, 6) is -0.0473. The maximum Gasteiger partial charge on any atom is 0.235 e. The first-order valence-electron chi connectivity index (χ1n) is 5.85. The zero-order chi connectivity index (χ0) is 11.5. The molecule has 2 bridgehead atoms. The first kappa shape index (κ1) is 11.4. The molecule has 0 aromatic rings. The fraction of sp³-hybridized carbons (Fsp3) is 0.818. The van der Waals surface area contributed by atoms with Gasteiger partial charge in [-0.15, -0.1) is 0 Å². The van der Waals surface area contributed by atoms with Gasteiger partial charge in [0.1, 0.15) is 6.54 Å². The Hall–Kier alpha value is -1.12. The van der Waals surface area contributed by atoms with Crippen molar-refractivity contribution >= 4 is 5.91 Å². The first-order valence-corrected chi connectivity index (χ1v) is 5.85. The zero-order valence-corrected chi connectivity index (χ0v) is 9.35. The van der Waals surface area contributed by atoms with Crippen LogP contribution in [0.2, 0.25) is 0 Å². The molecule has 2 fully saturated rings. The number of nitriles is 1. The molecule has 2 atom stereocenters. The molecule has 0 aromatic heterocycles. The molecule has 0 aliphatic carbocycles. The number of nitrogens with zero attached hydrogens (tertiary/aromatic N) is 2. The van der Waals surface area contributed by atoms with Crippen molar-refractivity contribution in [2.24, 2.45) is 5.73 Å². The van der Waals surface area contributed by atoms with E-state index < -0.39 is 0 Å². The highest BCUT2D eigenvalue weighted by molar-refractivity contribution is 5.78. The number of nitrogens with two attached hydrogens (primary N) is 1. The van der Waals surface area contributed by atoms with E-state index in [0.29, 0.717) is 24.7 Å². The van der Waals surface area contributed by atoms with Crippen LogP contribution in [0.3, 0.4) is 0 Å². The summed E-state index contributed by atoms with van der Waals surface area (Å²) in [4.78, 5) is 13.8. The van der Waals surface area contributed by atoms with E-state index >= 15 is 0 Å². The Morgan fingerprint density at radius 3 is 2.62 bits per heavy atom. The van der Waals surface area contributed by atoms with Crippen molar-refractivity contribution < 1.29 is 4.79 Å². The van der Waals surface area contributed by atoms with Crippen LogP contribution < -0.4 is 11.1 Å². The Labute approximate surface area is 95.6 Å². The van der Waals surface area contributed by atoms with E-state index in [2.05, 4.69) is 10.2 Å². The number of hydrogen-bond donors (Lipinski definition) is 2. The summed E-state index contributed by atoms with van der Waals surface area (Å²) in [6.45, 7) is 0.519. The zero-order valence-electron chi connectivity index (χ0n) is 9.35. The summed E-state index contributed by atoms with van der Waals surface area (Å²) in [5, 5.41) is 11.0. The molecular weight excluding hydrogens is 204 g/mol. The number of piperidine rings is 1. The van der Waals surface area contributed by atoms with Crippen molar-refractivity contribution in [2.45, 2.75) is 43.8 Å². The Kier molecular flexibility index (Phi) is 3.42. The molecule has 0 saturated carbocycles. The van der Waals surface area contributed by atoms with E-state index in [1.807, 2.05) is 6.07 Å². The predicted octanol–water partition coefficient (Wildman–Crippen LogP) is -0.420. The van der Waals surface area contributed by atoms with E-state index in [-0.39, 0.29) is 12.5 Å². The highest BCUT2D eigenvalue weighted by atomic mass is 16.2. The van der Waals surface area contributed by atoms with E-state index in [1.54, 1.807) is 0 Å². The lowest BCUT2D eigenvalue weighted by Crippen LogP contribution is -2.50. The van der Waals surface area contributed by atoms with Gasteiger partial charge in [-0.3, -0.25) is 9.69 Å². The number of carbonyl (C=O) groups excluding carboxylic acids is 1. The predicted molar refractivity (Wildman–Crippen MR) is 59.3 cm³/mol. The molecule has 0 aromatic carbocycles. The number of carbonyl (C=O) groups is 1. The van der Waals surface area contributed by atoms with Gasteiger partial charge in [0.2, 0.25) is 5.91 Å². The van der Waals surface area contributed by atoms with E-state index in [4.69, 9.17) is 11.0 Å². The van der Waals surface area contributed by atoms with Crippen molar-refractivity contribution in [3.63, 3.8) is 0 Å². The van der Waals surface area contributed by atoms with Crippen LogP contribution in [0.15, 0.2) is 0 Å². The summed E-state index contributed by atoms with van der Waals surface area (Å²) in [6, 6.07) is 3.16. The Morgan fingerprint density at radius 2 is 2.06 bits per heavy atom. The summed E-state index contributed by atoms with van der Waals surface area (Å²) in [5.41, 5.74) is 5.96. The lowest BCUT2D eigenvalue weighted by molar-refractivity contribution is -0.123. The normalized spacial score (nSPS) is 33.4. The molecule has 2 rings (SSSR count). The van der Waals surface area contributed by atoms with Crippen molar-refractivity contribution in [2.75, 3.05) is 13.1 Å². The third kappa shape index (κ3) is 2.34. The number of nitrogens with one attached hydrogen (secondary N) is 1. The van der Waals surface area contributed by atoms with Gasteiger partial charge in [-0.05, 0) is 25.7 Å². The van der Waals surface area contributed by atoms with Gasteiger partial charge in [0, 0.05) is 18.1 Å². The maximum atomic E-state index is 11.5. The smallest absolute Gasteiger partial charge is 0.235 e. The van der Waals surface area contributed by atoms with Crippen molar-refractivity contribution in [3.8, 4) is 6.07 Å². The van der Waals surface area contributed by atoms with Crippen LogP contribution in [0.4, 0.5) is 0 Å². The summed E-state index contributed by atoms with van der Waals surface area (Å²) < 4.78 is 0. The summed E-state index contributed by atoms with van der Waals surface area (Å²) in [6.07, 6.45) is 4.32. The van der Waals surface area contributed by atoms with Gasteiger partial charge < -0.3 is 11.1 Å². The first-order chi connectivity index (χ1) is 7.70. The molecule has 5 nitrogen and oxygen atoms in total. The van der Waals surface area contributed by atoms with Crippen molar-refractivity contribution in [3.05, 3.63) is 0 Å². The molecule has 3 N–H and O–H groups in total. The van der Waals surface area contributed by atoms with Crippen LogP contribution in [0.25, 0.3) is 0 Å². The molecule has 88 valence electrons. The topological polar surface area (TPSA) is 82.2 Å². The molecule has 1 amide bonds. The molecular formula is C11H18N4O. The average molecular weight is 222 g/mol. The third-order valence-corrected chi connectivity index (χ3v) is 3.61. The fourth-order valence-electron chi connectivity index (χ4n) is 2.93. The highest BCUT2D eigenvalue weighted by Gasteiger charge is 2.40. The molecule has 16 heavy (non-hydrogen) atoms. The molecule has 2 aliphatic heterocycles. The van der Waals surface area contributed by atoms with Crippen LogP contribution in [0, 0.1) is 11.3 Å². The van der Waals surface area contributed by atoms with Gasteiger partial charge in [0.15, 0.2) is 0 Å². The molecule has 0 radical (unpaired) electrons. The van der Waals surface area contributed by atoms with Gasteiger partial charge in [-0.1, -0.05) is 0 Å². The van der Waals surface area contributed by atoms with Crippen molar-refractivity contribution in [1.29, 1.82) is 5.26 Å². The van der Waals surface area contributed by atoms with E-state index in [0.717, 1.165) is 25.7 Å². The van der Waals surface area contributed by atoms with Crippen LogP contribution in [0.1, 0.15) is 25.7 Å². The van der Waals surface area contributed by atoms with Gasteiger partial charge in [-0.2, -0.15) is 5.26 Å². The fourth-order valence-corrected chi connectivity index (χ4v) is 2.93. The molecule has 2 unspecified atom stereocenters. The van der Waals surface area contributed by atoms with Gasteiger partial charge in [0.05, 0.1) is 12.6 Å². The Bertz CT molecular complexity index is 298. The molecule has 2 saturated heterocycles. The Balaban J connectivity index is 1.87. The molecule has 2 heterocycles. The maximum absolute atomic E-state index is 11.5. The van der Waals surface area contributed by atoms with Gasteiger partial charge in [-0.25, -0.2) is 0 Å². The lowest BCUT2D eigenvalue weighted by atomic mass is 9.98. The monoisotopic (exact) mass is 222 g/mol. The van der Waals surface area contributed by atoms with Crippen LogP contribution in [-0.2, 0) is 4.79 Å². The minimum atomic E-state index is -0.0473. The SMILES string of the molecule is N#CCNC(=O)CN1C2CCC1CC(N)C2. The second-order valence-electron chi connectivity index (χ2n) is 4.72. The van der Waals surface area contributed by atoms with Crippen LogP contribution in [-0.4, -0.2) is 42.0 Å². The standard InChI is InChI=1S/C11H18N4O/c12-3-4-14-11(16)7-15-9-1-2-10(15)6-8(13)5-9/h8-10H,1-2,4-7,13H2,(H,14,16). The van der Waals surface area contributed by atoms with E-state index in [1.165, 1.54) is 0 Å².